The van der Waals surface area contributed by atoms with E-state index in [1.807, 2.05) is 0 Å². The molecule has 1 atom stereocenters. The number of rotatable bonds is 7. The first-order valence-electron chi connectivity index (χ1n) is 4.73. The molecule has 0 bridgehead atoms. The fourth-order valence-electron chi connectivity index (χ4n) is 0.866. The van der Waals surface area contributed by atoms with Crippen LogP contribution < -0.4 is 0 Å². The third kappa shape index (κ3) is 4.02. The summed E-state index contributed by atoms with van der Waals surface area (Å²) in [6, 6.07) is 0. The van der Waals surface area contributed by atoms with Crippen LogP contribution in [0.4, 0.5) is 39.5 Å². The first-order chi connectivity index (χ1) is 8.70. The molecule has 2 nitrogen and oxygen atoms in total. The highest BCUT2D eigenvalue weighted by molar-refractivity contribution is 14.1. The first kappa shape index (κ1) is 20.0. The maximum Gasteiger partial charge on any atom is 0.460 e. The van der Waals surface area contributed by atoms with Crippen molar-refractivity contribution in [3.8, 4) is 0 Å². The molecule has 0 aromatic heterocycles. The van der Waals surface area contributed by atoms with Gasteiger partial charge in [0, 0.05) is 0 Å². The summed E-state index contributed by atoms with van der Waals surface area (Å²) in [7, 11) is 0. The molecule has 0 aliphatic carbocycles. The van der Waals surface area contributed by atoms with Gasteiger partial charge in [0.15, 0.2) is 0 Å². The molecular formula is C8H8F9IO2. The Morgan fingerprint density at radius 3 is 1.70 bits per heavy atom. The predicted octanol–water partition coefficient (Wildman–Crippen LogP) is 3.27. The van der Waals surface area contributed by atoms with Gasteiger partial charge in [-0.25, -0.2) is 0 Å². The molecule has 0 aromatic carbocycles. The minimum Gasteiger partial charge on any atom is -0.395 e. The summed E-state index contributed by atoms with van der Waals surface area (Å²) in [6.07, 6.45) is -6.84. The Morgan fingerprint density at radius 1 is 0.900 bits per heavy atom. The van der Waals surface area contributed by atoms with Gasteiger partial charge in [-0.05, 0) is 0 Å². The molecule has 1 N–H and O–H groups in total. The first-order valence-corrected chi connectivity index (χ1v) is 5.98. The van der Waals surface area contributed by atoms with Crippen molar-refractivity contribution in [2.24, 2.45) is 0 Å². The summed E-state index contributed by atoms with van der Waals surface area (Å²) in [5, 5.41) is 8.47. The van der Waals surface area contributed by atoms with Crippen LogP contribution in [0.5, 0.6) is 0 Å². The van der Waals surface area contributed by atoms with E-state index in [0.29, 0.717) is 0 Å². The van der Waals surface area contributed by atoms with E-state index < -0.39 is 47.7 Å². The van der Waals surface area contributed by atoms with Crippen LogP contribution in [-0.4, -0.2) is 52.8 Å². The fraction of sp³-hybridized carbons (Fsp3) is 1.00. The largest absolute Gasteiger partial charge is 0.460 e. The van der Waals surface area contributed by atoms with Crippen molar-refractivity contribution < 1.29 is 49.4 Å². The number of halogens is 10. The van der Waals surface area contributed by atoms with Crippen molar-refractivity contribution in [1.82, 2.24) is 0 Å². The van der Waals surface area contributed by atoms with E-state index in [1.165, 1.54) is 22.6 Å². The molecule has 20 heavy (non-hydrogen) atoms. The lowest BCUT2D eigenvalue weighted by Crippen LogP contribution is -2.62. The van der Waals surface area contributed by atoms with E-state index >= 15 is 0 Å². The Balaban J connectivity index is 4.98. The van der Waals surface area contributed by atoms with Crippen LogP contribution in [0.3, 0.4) is 0 Å². The molecular weight excluding hydrogens is 426 g/mol. The Bertz CT molecular complexity index is 318. The summed E-state index contributed by atoms with van der Waals surface area (Å²) in [5.41, 5.74) is 0. The predicted molar refractivity (Wildman–Crippen MR) is 56.6 cm³/mol. The normalized spacial score (nSPS) is 16.4. The van der Waals surface area contributed by atoms with Gasteiger partial charge >= 0.3 is 23.9 Å². The molecule has 0 fully saturated rings. The number of alkyl halides is 10. The van der Waals surface area contributed by atoms with Crippen molar-refractivity contribution in [2.45, 2.75) is 27.9 Å². The molecule has 0 rings (SSSR count). The minimum atomic E-state index is -6.91. The van der Waals surface area contributed by atoms with Gasteiger partial charge in [-0.1, -0.05) is 22.6 Å². The summed E-state index contributed by atoms with van der Waals surface area (Å²) in [5.74, 6) is -19.3. The summed E-state index contributed by atoms with van der Waals surface area (Å²) >= 11 is 1.47. The van der Waals surface area contributed by atoms with Gasteiger partial charge in [-0.2, -0.15) is 39.5 Å². The highest BCUT2D eigenvalue weighted by atomic mass is 127. The van der Waals surface area contributed by atoms with Crippen LogP contribution in [0, 0.1) is 0 Å². The Hall–Kier alpha value is 0.0200. The summed E-state index contributed by atoms with van der Waals surface area (Å²) in [6.45, 7) is -3.65. The molecule has 0 saturated carbocycles. The zero-order chi connectivity index (χ0) is 16.4. The number of aliphatic hydroxyl groups excluding tert-OH is 1. The van der Waals surface area contributed by atoms with Crippen LogP contribution in [0.1, 0.15) is 0 Å². The molecule has 0 amide bonds. The van der Waals surface area contributed by atoms with Gasteiger partial charge in [-0.3, -0.25) is 0 Å². The van der Waals surface area contributed by atoms with Gasteiger partial charge < -0.3 is 9.84 Å². The molecule has 0 spiro atoms. The van der Waals surface area contributed by atoms with Crippen LogP contribution >= 0.6 is 22.6 Å². The van der Waals surface area contributed by atoms with Crippen molar-refractivity contribution >= 4 is 22.6 Å². The molecule has 0 saturated heterocycles. The van der Waals surface area contributed by atoms with Gasteiger partial charge in [-0.15, -0.1) is 0 Å². The lowest BCUT2D eigenvalue weighted by molar-refractivity contribution is -0.399. The quantitative estimate of drug-likeness (QED) is 0.379. The molecule has 0 aliphatic rings. The highest BCUT2D eigenvalue weighted by Crippen LogP contribution is 2.53. The van der Waals surface area contributed by atoms with Gasteiger partial charge in [0.1, 0.15) is 6.61 Å². The van der Waals surface area contributed by atoms with Crippen molar-refractivity contribution in [2.75, 3.05) is 19.8 Å². The van der Waals surface area contributed by atoms with Crippen LogP contribution in [0.25, 0.3) is 0 Å². The van der Waals surface area contributed by atoms with Crippen molar-refractivity contribution in [3.05, 3.63) is 0 Å². The molecule has 0 radical (unpaired) electrons. The van der Waals surface area contributed by atoms with Crippen LogP contribution in [0.15, 0.2) is 0 Å². The third-order valence-corrected chi connectivity index (χ3v) is 2.74. The number of hydrogen-bond acceptors (Lipinski definition) is 2. The second-order valence-electron chi connectivity index (χ2n) is 3.65. The van der Waals surface area contributed by atoms with E-state index in [4.69, 9.17) is 5.11 Å². The average Bonchev–Trinajstić information content (AvgIpc) is 2.26. The molecule has 122 valence electrons. The number of aliphatic hydroxyl groups is 1. The topological polar surface area (TPSA) is 29.5 Å². The Labute approximate surface area is 120 Å². The standard InChI is InChI=1S/C8H8F9IO2/c9-5(10,3-20-2-4(18)1-19)6(11,12)7(13,14)8(15,16)17/h4,19H,1-3H2. The maximum atomic E-state index is 12.9. The Morgan fingerprint density at radius 2 is 1.35 bits per heavy atom. The van der Waals surface area contributed by atoms with Crippen molar-refractivity contribution in [3.63, 3.8) is 0 Å². The van der Waals surface area contributed by atoms with Gasteiger partial charge in [0.25, 0.3) is 0 Å². The van der Waals surface area contributed by atoms with E-state index in [9.17, 15) is 39.5 Å². The minimum absolute atomic E-state index is 0.582. The summed E-state index contributed by atoms with van der Waals surface area (Å²) < 4.78 is 114. The van der Waals surface area contributed by atoms with Gasteiger partial charge in [0.05, 0.1) is 17.1 Å². The second kappa shape index (κ2) is 6.42. The van der Waals surface area contributed by atoms with Gasteiger partial charge in [0.2, 0.25) is 0 Å². The third-order valence-electron chi connectivity index (χ3n) is 1.99. The lowest BCUT2D eigenvalue weighted by atomic mass is 10.0. The van der Waals surface area contributed by atoms with Crippen LogP contribution in [0.2, 0.25) is 0 Å². The smallest absolute Gasteiger partial charge is 0.395 e. The molecule has 0 aliphatic heterocycles. The molecule has 0 heterocycles. The van der Waals surface area contributed by atoms with E-state index in [2.05, 4.69) is 4.74 Å². The number of ether oxygens (including phenoxy) is 1. The number of hydrogen-bond donors (Lipinski definition) is 1. The van der Waals surface area contributed by atoms with E-state index in [1.54, 1.807) is 0 Å². The molecule has 1 unspecified atom stereocenters. The van der Waals surface area contributed by atoms with Crippen molar-refractivity contribution in [1.29, 1.82) is 0 Å². The summed E-state index contributed by atoms with van der Waals surface area (Å²) in [4.78, 5) is 0. The maximum absolute atomic E-state index is 12.9. The van der Waals surface area contributed by atoms with Crippen LogP contribution in [-0.2, 0) is 4.74 Å². The SMILES string of the molecule is OCC(I)COCC(F)(F)C(F)(F)C(F)(F)C(F)(F)F. The zero-order valence-electron chi connectivity index (χ0n) is 9.33. The average molecular weight is 434 g/mol. The zero-order valence-corrected chi connectivity index (χ0v) is 11.5. The van der Waals surface area contributed by atoms with E-state index in [-0.39, 0.29) is 0 Å². The highest BCUT2D eigenvalue weighted by Gasteiger charge is 2.81. The molecule has 12 heteroatoms. The second-order valence-corrected chi connectivity index (χ2v) is 5.41. The monoisotopic (exact) mass is 434 g/mol. The van der Waals surface area contributed by atoms with E-state index in [0.717, 1.165) is 0 Å². The Kier molecular flexibility index (Phi) is 6.42. The lowest BCUT2D eigenvalue weighted by Gasteiger charge is -2.33. The molecule has 0 aromatic rings. The fourth-order valence-corrected chi connectivity index (χ4v) is 1.12.